The first-order valence-electron chi connectivity index (χ1n) is 7.85. The second kappa shape index (κ2) is 6.60. The fraction of sp³-hybridized carbons (Fsp3) is 0.105. The van der Waals surface area contributed by atoms with E-state index in [2.05, 4.69) is 27.1 Å². The smallest absolute Gasteiger partial charge is 0.249 e. The fourth-order valence-corrected chi connectivity index (χ4v) is 2.61. The van der Waals surface area contributed by atoms with E-state index in [0.717, 1.165) is 11.3 Å². The number of methoxy groups -OCH3 is 1. The maximum absolute atomic E-state index is 5.96. The third-order valence-corrected chi connectivity index (χ3v) is 3.85. The van der Waals surface area contributed by atoms with Gasteiger partial charge in [0.15, 0.2) is 11.2 Å². The Labute approximate surface area is 144 Å². The van der Waals surface area contributed by atoms with Crippen LogP contribution in [-0.2, 0) is 6.54 Å². The number of aromatic nitrogens is 4. The van der Waals surface area contributed by atoms with E-state index in [9.17, 15) is 0 Å². The zero-order chi connectivity index (χ0) is 17.1. The van der Waals surface area contributed by atoms with Crippen LogP contribution < -0.4 is 9.47 Å². The van der Waals surface area contributed by atoms with Gasteiger partial charge in [-0.05, 0) is 29.8 Å². The normalized spacial score (nSPS) is 10.8. The van der Waals surface area contributed by atoms with Gasteiger partial charge in [0.2, 0.25) is 5.88 Å². The van der Waals surface area contributed by atoms with Crippen molar-refractivity contribution in [3.05, 3.63) is 72.8 Å². The Morgan fingerprint density at radius 1 is 0.880 bits per heavy atom. The predicted octanol–water partition coefficient (Wildman–Crippen LogP) is 3.68. The Morgan fingerprint density at radius 2 is 1.64 bits per heavy atom. The number of ether oxygens (including phenoxy) is 2. The third kappa shape index (κ3) is 3.14. The Kier molecular flexibility index (Phi) is 4.00. The van der Waals surface area contributed by atoms with Crippen molar-refractivity contribution in [3.63, 3.8) is 0 Å². The summed E-state index contributed by atoms with van der Waals surface area (Å²) in [4.78, 5) is 12.9. The molecule has 124 valence electrons. The number of hydrogen-bond acceptors (Lipinski definition) is 5. The minimum Gasteiger partial charge on any atom is -0.497 e. The molecule has 0 aliphatic rings. The molecule has 4 aromatic rings. The van der Waals surface area contributed by atoms with E-state index in [1.807, 2.05) is 47.0 Å². The molecule has 0 fully saturated rings. The molecule has 0 amide bonds. The van der Waals surface area contributed by atoms with Crippen LogP contribution in [-0.4, -0.2) is 26.6 Å². The average molecular weight is 332 g/mol. The van der Waals surface area contributed by atoms with Crippen molar-refractivity contribution in [2.24, 2.45) is 0 Å². The summed E-state index contributed by atoms with van der Waals surface area (Å²) < 4.78 is 13.1. The quantitative estimate of drug-likeness (QED) is 0.558. The van der Waals surface area contributed by atoms with Crippen LogP contribution >= 0.6 is 0 Å². The van der Waals surface area contributed by atoms with Gasteiger partial charge >= 0.3 is 0 Å². The highest BCUT2D eigenvalue weighted by molar-refractivity contribution is 5.76. The van der Waals surface area contributed by atoms with E-state index in [-0.39, 0.29) is 0 Å². The molecule has 0 radical (unpaired) electrons. The van der Waals surface area contributed by atoms with Crippen LogP contribution in [0.1, 0.15) is 5.56 Å². The van der Waals surface area contributed by atoms with Gasteiger partial charge in [0.1, 0.15) is 17.8 Å². The summed E-state index contributed by atoms with van der Waals surface area (Å²) in [6.07, 6.45) is 3.22. The van der Waals surface area contributed by atoms with Crippen LogP contribution in [0.5, 0.6) is 17.4 Å². The number of nitrogens with zero attached hydrogens (tertiary/aromatic N) is 4. The van der Waals surface area contributed by atoms with E-state index in [1.54, 1.807) is 13.4 Å². The van der Waals surface area contributed by atoms with Crippen molar-refractivity contribution < 1.29 is 9.47 Å². The lowest BCUT2D eigenvalue weighted by atomic mass is 10.2. The third-order valence-electron chi connectivity index (χ3n) is 3.85. The van der Waals surface area contributed by atoms with Gasteiger partial charge in [-0.1, -0.05) is 30.3 Å². The number of fused-ring (bicyclic) bond motifs is 1. The second-order valence-corrected chi connectivity index (χ2v) is 5.49. The van der Waals surface area contributed by atoms with E-state index < -0.39 is 0 Å². The lowest BCUT2D eigenvalue weighted by molar-refractivity contribution is 0.412. The van der Waals surface area contributed by atoms with Crippen LogP contribution in [0.2, 0.25) is 0 Å². The minimum atomic E-state index is 0.476. The number of imidazole rings is 1. The van der Waals surface area contributed by atoms with Crippen LogP contribution in [0.3, 0.4) is 0 Å². The van der Waals surface area contributed by atoms with Crippen molar-refractivity contribution in [2.45, 2.75) is 6.54 Å². The first kappa shape index (κ1) is 15.1. The van der Waals surface area contributed by atoms with Crippen molar-refractivity contribution in [1.82, 2.24) is 19.5 Å². The van der Waals surface area contributed by atoms with Gasteiger partial charge in [0.05, 0.1) is 13.4 Å². The molecule has 0 bridgehead atoms. The van der Waals surface area contributed by atoms with Gasteiger partial charge in [0.25, 0.3) is 0 Å². The van der Waals surface area contributed by atoms with Crippen LogP contribution in [0.25, 0.3) is 11.2 Å². The molecule has 6 heteroatoms. The molecule has 4 rings (SSSR count). The second-order valence-electron chi connectivity index (χ2n) is 5.49. The van der Waals surface area contributed by atoms with Crippen molar-refractivity contribution in [2.75, 3.05) is 7.11 Å². The molecular formula is C19H16N4O2. The Hall–Kier alpha value is -3.41. The van der Waals surface area contributed by atoms with Crippen molar-refractivity contribution >= 4 is 11.2 Å². The maximum Gasteiger partial charge on any atom is 0.249 e. The molecule has 0 unspecified atom stereocenters. The first-order valence-corrected chi connectivity index (χ1v) is 7.85. The average Bonchev–Trinajstić information content (AvgIpc) is 3.07. The largest absolute Gasteiger partial charge is 0.497 e. The highest BCUT2D eigenvalue weighted by Crippen LogP contribution is 2.27. The minimum absolute atomic E-state index is 0.476. The molecule has 0 saturated carbocycles. The number of benzene rings is 2. The zero-order valence-electron chi connectivity index (χ0n) is 13.7. The van der Waals surface area contributed by atoms with Gasteiger partial charge in [0, 0.05) is 6.54 Å². The first-order chi connectivity index (χ1) is 12.3. The highest BCUT2D eigenvalue weighted by Gasteiger charge is 2.13. The molecule has 0 N–H and O–H groups in total. The molecule has 6 nitrogen and oxygen atoms in total. The van der Waals surface area contributed by atoms with E-state index in [1.165, 1.54) is 11.9 Å². The monoisotopic (exact) mass is 332 g/mol. The Morgan fingerprint density at radius 3 is 2.40 bits per heavy atom. The molecule has 2 aromatic carbocycles. The SMILES string of the molecule is COc1ccc(Oc2ncnc3ncn(Cc4ccccc4)c23)cc1. The molecule has 0 atom stereocenters. The predicted molar refractivity (Wildman–Crippen MR) is 93.9 cm³/mol. The Bertz CT molecular complexity index is 981. The topological polar surface area (TPSA) is 62.1 Å². The molecule has 2 aromatic heterocycles. The molecular weight excluding hydrogens is 316 g/mol. The van der Waals surface area contributed by atoms with Crippen LogP contribution in [0.15, 0.2) is 67.3 Å². The van der Waals surface area contributed by atoms with Crippen molar-refractivity contribution in [3.8, 4) is 17.4 Å². The summed E-state index contributed by atoms with van der Waals surface area (Å²) in [7, 11) is 1.63. The molecule has 0 spiro atoms. The maximum atomic E-state index is 5.96. The van der Waals surface area contributed by atoms with Crippen LogP contribution in [0.4, 0.5) is 0 Å². The van der Waals surface area contributed by atoms with E-state index in [0.29, 0.717) is 23.8 Å². The fourth-order valence-electron chi connectivity index (χ4n) is 2.61. The van der Waals surface area contributed by atoms with Gasteiger partial charge in [-0.15, -0.1) is 0 Å². The van der Waals surface area contributed by atoms with Crippen molar-refractivity contribution in [1.29, 1.82) is 0 Å². The molecule has 25 heavy (non-hydrogen) atoms. The highest BCUT2D eigenvalue weighted by atomic mass is 16.5. The summed E-state index contributed by atoms with van der Waals surface area (Å²) in [5, 5.41) is 0. The van der Waals surface area contributed by atoms with Crippen LogP contribution in [0, 0.1) is 0 Å². The Balaban J connectivity index is 1.69. The van der Waals surface area contributed by atoms with E-state index >= 15 is 0 Å². The summed E-state index contributed by atoms with van der Waals surface area (Å²) in [5.74, 6) is 1.92. The molecule has 0 aliphatic carbocycles. The van der Waals surface area contributed by atoms with Gasteiger partial charge in [-0.3, -0.25) is 0 Å². The molecule has 2 heterocycles. The summed E-state index contributed by atoms with van der Waals surface area (Å²) in [6, 6.07) is 17.5. The van der Waals surface area contributed by atoms with E-state index in [4.69, 9.17) is 9.47 Å². The number of rotatable bonds is 5. The standard InChI is InChI=1S/C19H16N4O2/c1-24-15-7-9-16(10-8-15)25-19-17-18(20-12-21-19)22-13-23(17)11-14-5-3-2-4-6-14/h2-10,12-13H,11H2,1H3. The summed E-state index contributed by atoms with van der Waals surface area (Å²) in [5.41, 5.74) is 2.54. The molecule has 0 aliphatic heterocycles. The lowest BCUT2D eigenvalue weighted by Gasteiger charge is -2.09. The number of hydrogen-bond donors (Lipinski definition) is 0. The van der Waals surface area contributed by atoms with Gasteiger partial charge in [-0.2, -0.15) is 4.98 Å². The van der Waals surface area contributed by atoms with Gasteiger partial charge < -0.3 is 14.0 Å². The molecule has 0 saturated heterocycles. The zero-order valence-corrected chi connectivity index (χ0v) is 13.7. The summed E-state index contributed by atoms with van der Waals surface area (Å²) >= 11 is 0. The van der Waals surface area contributed by atoms with Gasteiger partial charge in [-0.25, -0.2) is 9.97 Å². The summed E-state index contributed by atoms with van der Waals surface area (Å²) in [6.45, 7) is 0.670. The lowest BCUT2D eigenvalue weighted by Crippen LogP contribution is -2.00.